The highest BCUT2D eigenvalue weighted by atomic mass is 32.2. The Morgan fingerprint density at radius 3 is 1.78 bits per heavy atom. The van der Waals surface area contributed by atoms with E-state index in [1.165, 1.54) is 10.4 Å². The molecule has 2 aromatic rings. The zero-order valence-corrected chi connectivity index (χ0v) is 27.0. The summed E-state index contributed by atoms with van der Waals surface area (Å²) in [5.41, 5.74) is 3.51. The molecule has 3 nitrogen and oxygen atoms in total. The van der Waals surface area contributed by atoms with E-state index in [9.17, 15) is 4.21 Å². The summed E-state index contributed by atoms with van der Waals surface area (Å²) >= 11 is 0. The molecule has 0 bridgehead atoms. The van der Waals surface area contributed by atoms with E-state index in [0.29, 0.717) is 13.0 Å². The van der Waals surface area contributed by atoms with E-state index >= 15 is 0 Å². The van der Waals surface area contributed by atoms with Crippen LogP contribution in [0.1, 0.15) is 48.0 Å². The number of rotatable bonds is 9. The van der Waals surface area contributed by atoms with E-state index < -0.39 is 32.1 Å². The van der Waals surface area contributed by atoms with Crippen molar-refractivity contribution < 1.29 is 8.63 Å². The first-order chi connectivity index (χ1) is 17.1. The van der Waals surface area contributed by atoms with Crippen molar-refractivity contribution in [1.82, 2.24) is 4.31 Å². The normalized spacial score (nSPS) is 14.4. The lowest BCUT2D eigenvalue weighted by atomic mass is 10.2. The summed E-state index contributed by atoms with van der Waals surface area (Å²) in [4.78, 5) is 0. The van der Waals surface area contributed by atoms with Crippen molar-refractivity contribution in [3.63, 3.8) is 0 Å². The van der Waals surface area contributed by atoms with Crippen molar-refractivity contribution in [2.45, 2.75) is 83.4 Å². The molecule has 1 unspecified atom stereocenters. The molecule has 0 N–H and O–H groups in total. The molecule has 0 saturated carbocycles. The molecular formula is C31H45NO2SSi2. The van der Waals surface area contributed by atoms with Crippen LogP contribution in [0.4, 0.5) is 0 Å². The Labute approximate surface area is 231 Å². The topological polar surface area (TPSA) is 29.5 Å². The number of terminal acetylenes is 1. The van der Waals surface area contributed by atoms with Crippen molar-refractivity contribution in [2.75, 3.05) is 13.2 Å². The number of benzene rings is 2. The zero-order valence-electron chi connectivity index (χ0n) is 24.2. The van der Waals surface area contributed by atoms with Crippen molar-refractivity contribution in [3.8, 4) is 23.8 Å². The Bertz CT molecular complexity index is 1090. The van der Waals surface area contributed by atoms with Gasteiger partial charge >= 0.3 is 0 Å². The van der Waals surface area contributed by atoms with Gasteiger partial charge in [-0.3, -0.25) is 0 Å². The molecule has 0 radical (unpaired) electrons. The average molecular weight is 552 g/mol. The third-order valence-electron chi connectivity index (χ3n) is 6.07. The van der Waals surface area contributed by atoms with Gasteiger partial charge in [0.05, 0.1) is 17.3 Å². The van der Waals surface area contributed by atoms with Gasteiger partial charge in [-0.05, 0) is 42.6 Å². The lowest BCUT2D eigenvalue weighted by Gasteiger charge is -2.43. The molecule has 0 spiro atoms. The van der Waals surface area contributed by atoms with E-state index in [1.807, 2.05) is 25.1 Å². The van der Waals surface area contributed by atoms with Crippen LogP contribution in [0.5, 0.6) is 0 Å². The Balaban J connectivity index is 2.53. The van der Waals surface area contributed by atoms with Crippen molar-refractivity contribution in [3.05, 3.63) is 60.7 Å². The molecule has 2 atom stereocenters. The van der Waals surface area contributed by atoms with E-state index in [2.05, 4.69) is 118 Å². The molecule has 37 heavy (non-hydrogen) atoms. The average Bonchev–Trinajstić information content (AvgIpc) is 2.81. The predicted octanol–water partition coefficient (Wildman–Crippen LogP) is 5.60. The Kier molecular flexibility index (Phi) is 10.8. The molecule has 200 valence electrons. The highest BCUT2D eigenvalue weighted by molar-refractivity contribution is 7.84. The molecule has 0 saturated heterocycles. The Morgan fingerprint density at radius 2 is 1.41 bits per heavy atom. The van der Waals surface area contributed by atoms with Gasteiger partial charge in [-0.15, -0.1) is 12.0 Å². The summed E-state index contributed by atoms with van der Waals surface area (Å²) in [7, 11) is -5.61. The quantitative estimate of drug-likeness (QED) is 0.300. The van der Waals surface area contributed by atoms with Crippen LogP contribution in [0, 0.1) is 23.8 Å². The molecule has 0 aliphatic rings. The van der Waals surface area contributed by atoms with Crippen LogP contribution in [0.15, 0.2) is 60.7 Å². The molecule has 0 heterocycles. The second kappa shape index (κ2) is 12.7. The van der Waals surface area contributed by atoms with Crippen LogP contribution in [0.3, 0.4) is 0 Å². The van der Waals surface area contributed by atoms with Crippen LogP contribution in [-0.2, 0) is 15.4 Å². The molecule has 0 aromatic heterocycles. The largest absolute Gasteiger partial charge is 0.407 e. The van der Waals surface area contributed by atoms with Crippen molar-refractivity contribution in [1.29, 1.82) is 0 Å². The maximum absolute atomic E-state index is 13.5. The smallest absolute Gasteiger partial charge is 0.261 e. The molecular weight excluding hydrogens is 507 g/mol. The fourth-order valence-corrected chi connectivity index (χ4v) is 10.9. The van der Waals surface area contributed by atoms with E-state index in [0.717, 1.165) is 0 Å². The third-order valence-corrected chi connectivity index (χ3v) is 13.9. The van der Waals surface area contributed by atoms with E-state index in [-0.39, 0.29) is 17.6 Å². The second-order valence-corrected chi connectivity index (χ2v) is 23.7. The minimum absolute atomic E-state index is 0.109. The van der Waals surface area contributed by atoms with Gasteiger partial charge < -0.3 is 4.43 Å². The maximum Gasteiger partial charge on any atom is 0.261 e. The predicted molar refractivity (Wildman–Crippen MR) is 167 cm³/mol. The number of nitrogens with zero attached hydrogens (tertiary/aromatic N) is 1. The number of hydrogen-bond acceptors (Lipinski definition) is 2. The number of hydrogen-bond donors (Lipinski definition) is 0. The summed E-state index contributed by atoms with van der Waals surface area (Å²) in [6, 6.07) is 21.0. The highest BCUT2D eigenvalue weighted by Gasteiger charge is 2.50. The van der Waals surface area contributed by atoms with Crippen LogP contribution in [-0.4, -0.2) is 48.8 Å². The molecule has 0 fully saturated rings. The van der Waals surface area contributed by atoms with Gasteiger partial charge in [-0.2, -0.15) is 4.31 Å². The molecule has 2 aromatic carbocycles. The van der Waals surface area contributed by atoms with Gasteiger partial charge in [0, 0.05) is 6.61 Å². The van der Waals surface area contributed by atoms with Crippen molar-refractivity contribution >= 4 is 37.8 Å². The summed E-state index contributed by atoms with van der Waals surface area (Å²) in [6.07, 6.45) is 6.38. The molecule has 2 rings (SSSR count). The van der Waals surface area contributed by atoms with Gasteiger partial charge in [0.25, 0.3) is 8.32 Å². The first-order valence-corrected chi connectivity index (χ1v) is 19.5. The maximum atomic E-state index is 13.5. The summed E-state index contributed by atoms with van der Waals surface area (Å²) in [5.74, 6) is 6.21. The van der Waals surface area contributed by atoms with Crippen LogP contribution < -0.4 is 10.4 Å². The minimum Gasteiger partial charge on any atom is -0.407 e. The van der Waals surface area contributed by atoms with Gasteiger partial charge in [0.15, 0.2) is 0 Å². The zero-order chi connectivity index (χ0) is 27.9. The minimum atomic E-state index is -2.67. The summed E-state index contributed by atoms with van der Waals surface area (Å²) in [5, 5.41) is 2.39. The fourth-order valence-electron chi connectivity index (χ4n) is 4.40. The van der Waals surface area contributed by atoms with Crippen LogP contribution >= 0.6 is 0 Å². The third kappa shape index (κ3) is 8.27. The second-order valence-electron chi connectivity index (χ2n) is 12.5. The first kappa shape index (κ1) is 31.3. The fraction of sp³-hybridized carbons (Fsp3) is 0.484. The lowest BCUT2D eigenvalue weighted by Crippen LogP contribution is -2.66. The Morgan fingerprint density at radius 1 is 0.919 bits per heavy atom. The Hall–Kier alpha value is -1.94. The first-order valence-electron chi connectivity index (χ1n) is 13.0. The van der Waals surface area contributed by atoms with Gasteiger partial charge in [0.1, 0.15) is 19.1 Å². The molecule has 0 aliphatic carbocycles. The monoisotopic (exact) mass is 551 g/mol. The van der Waals surface area contributed by atoms with Gasteiger partial charge in [0.2, 0.25) is 0 Å². The lowest BCUT2D eigenvalue weighted by molar-refractivity contribution is 0.262. The highest BCUT2D eigenvalue weighted by Crippen LogP contribution is 2.37. The molecule has 0 amide bonds. The van der Waals surface area contributed by atoms with Crippen molar-refractivity contribution in [2.24, 2.45) is 0 Å². The van der Waals surface area contributed by atoms with E-state index in [4.69, 9.17) is 10.8 Å². The summed E-state index contributed by atoms with van der Waals surface area (Å²) < 4.78 is 22.1. The van der Waals surface area contributed by atoms with Crippen LogP contribution in [0.25, 0.3) is 0 Å². The van der Waals surface area contributed by atoms with Gasteiger partial charge in [-0.1, -0.05) is 113 Å². The SMILES string of the molecule is C#CCN([C@@H](C#C[Si](C)(C)C)CCO[Si](c1ccccc1)(c1ccccc1)C(C)(C)C)S(=O)C(C)(C)C. The van der Waals surface area contributed by atoms with Crippen LogP contribution in [0.2, 0.25) is 24.7 Å². The molecule has 0 aliphatic heterocycles. The van der Waals surface area contributed by atoms with E-state index in [1.54, 1.807) is 0 Å². The summed E-state index contributed by atoms with van der Waals surface area (Å²) in [6.45, 7) is 20.2. The molecule has 6 heteroatoms. The standard InChI is InChI=1S/C31H45NO2SSi2/c1-11-24-32(35(33)30(2,3)4)27(23-26-36(8,9)10)22-25-34-37(31(5,6)7,28-18-14-12-15-19-28)29-20-16-13-17-21-29/h1,12-21,27H,22,24-25H2,2-10H3/t27-,35?/m1/s1. The van der Waals surface area contributed by atoms with Gasteiger partial charge in [-0.25, -0.2) is 4.21 Å².